The monoisotopic (exact) mass is 390 g/mol. The van der Waals surface area contributed by atoms with Crippen molar-refractivity contribution in [2.75, 3.05) is 7.11 Å². The quantitative estimate of drug-likeness (QED) is 0.543. The average Bonchev–Trinajstić information content (AvgIpc) is 3.33. The number of fused-ring (bicyclic) bond motifs is 1. The van der Waals surface area contributed by atoms with Gasteiger partial charge in [0.15, 0.2) is 11.5 Å². The molecule has 2 aromatic carbocycles. The molecule has 2 aromatic heterocycles. The van der Waals surface area contributed by atoms with Gasteiger partial charge >= 0.3 is 0 Å². The molecule has 7 heteroatoms. The molecule has 1 atom stereocenters. The Morgan fingerprint density at radius 1 is 1.24 bits per heavy atom. The fraction of sp³-hybridized carbons (Fsp3) is 0.227. The number of nitrogens with zero attached hydrogens (tertiary/aromatic N) is 3. The molecule has 29 heavy (non-hydrogen) atoms. The SMILES string of the molecule is COc1ccc(Cc2nc3ccc(C(=O)NC(C)c4cnn(C)c4)cc3o2)cc1. The van der Waals surface area contributed by atoms with Crippen LogP contribution in [-0.2, 0) is 13.5 Å². The first kappa shape index (κ1) is 18.7. The molecule has 1 N–H and O–H groups in total. The van der Waals surface area contributed by atoms with Crippen LogP contribution >= 0.6 is 0 Å². The Labute approximate surface area is 168 Å². The van der Waals surface area contributed by atoms with Gasteiger partial charge in [0.1, 0.15) is 11.3 Å². The highest BCUT2D eigenvalue weighted by Gasteiger charge is 2.15. The number of carbonyl (C=O) groups excluding carboxylic acids is 1. The number of nitrogens with one attached hydrogen (secondary N) is 1. The Hall–Kier alpha value is -3.61. The van der Waals surface area contributed by atoms with Gasteiger partial charge in [-0.1, -0.05) is 12.1 Å². The Kier molecular flexibility index (Phi) is 5.03. The molecule has 0 aliphatic rings. The minimum Gasteiger partial charge on any atom is -0.497 e. The van der Waals surface area contributed by atoms with Crippen molar-refractivity contribution in [3.63, 3.8) is 0 Å². The molecule has 0 fully saturated rings. The van der Waals surface area contributed by atoms with Crippen LogP contribution in [0, 0.1) is 0 Å². The lowest BCUT2D eigenvalue weighted by molar-refractivity contribution is 0.0940. The third-order valence-corrected chi connectivity index (χ3v) is 4.78. The molecular formula is C22H22N4O3. The summed E-state index contributed by atoms with van der Waals surface area (Å²) in [5.41, 5.74) is 3.87. The maximum Gasteiger partial charge on any atom is 0.251 e. The van der Waals surface area contributed by atoms with Crippen LogP contribution in [0.1, 0.15) is 40.3 Å². The topological polar surface area (TPSA) is 82.2 Å². The lowest BCUT2D eigenvalue weighted by Gasteiger charge is -2.11. The van der Waals surface area contributed by atoms with Crippen molar-refractivity contribution in [1.82, 2.24) is 20.1 Å². The number of aromatic nitrogens is 3. The third kappa shape index (κ3) is 4.13. The fourth-order valence-electron chi connectivity index (χ4n) is 3.13. The molecule has 0 bridgehead atoms. The third-order valence-electron chi connectivity index (χ3n) is 4.78. The van der Waals surface area contributed by atoms with E-state index in [1.165, 1.54) is 0 Å². The summed E-state index contributed by atoms with van der Waals surface area (Å²) in [5.74, 6) is 1.24. The van der Waals surface area contributed by atoms with Crippen molar-refractivity contribution in [3.8, 4) is 5.75 Å². The highest BCUT2D eigenvalue weighted by molar-refractivity contribution is 5.97. The number of ether oxygens (including phenoxy) is 1. The number of carbonyl (C=O) groups is 1. The van der Waals surface area contributed by atoms with Gasteiger partial charge in [0, 0.05) is 30.8 Å². The molecule has 2 heterocycles. The van der Waals surface area contributed by atoms with Crippen LogP contribution in [0.15, 0.2) is 59.3 Å². The van der Waals surface area contributed by atoms with E-state index in [1.807, 2.05) is 44.4 Å². The first-order chi connectivity index (χ1) is 14.0. The van der Waals surface area contributed by atoms with E-state index in [1.54, 1.807) is 36.2 Å². The van der Waals surface area contributed by atoms with Crippen LogP contribution < -0.4 is 10.1 Å². The first-order valence-corrected chi connectivity index (χ1v) is 9.33. The molecular weight excluding hydrogens is 368 g/mol. The first-order valence-electron chi connectivity index (χ1n) is 9.33. The summed E-state index contributed by atoms with van der Waals surface area (Å²) in [4.78, 5) is 17.1. The van der Waals surface area contributed by atoms with Gasteiger partial charge < -0.3 is 14.5 Å². The van der Waals surface area contributed by atoms with Crippen LogP contribution in [0.4, 0.5) is 0 Å². The summed E-state index contributed by atoms with van der Waals surface area (Å²) in [6, 6.07) is 12.9. The van der Waals surface area contributed by atoms with Crippen LogP contribution in [0.3, 0.4) is 0 Å². The predicted octanol–water partition coefficient (Wildman–Crippen LogP) is 3.65. The predicted molar refractivity (Wildman–Crippen MR) is 109 cm³/mol. The van der Waals surface area contributed by atoms with Crippen LogP contribution in [0.5, 0.6) is 5.75 Å². The largest absolute Gasteiger partial charge is 0.497 e. The van der Waals surface area contributed by atoms with E-state index in [2.05, 4.69) is 15.4 Å². The van der Waals surface area contributed by atoms with Gasteiger partial charge in [-0.2, -0.15) is 5.10 Å². The number of methoxy groups -OCH3 is 1. The summed E-state index contributed by atoms with van der Waals surface area (Å²) >= 11 is 0. The zero-order valence-corrected chi connectivity index (χ0v) is 16.5. The van der Waals surface area contributed by atoms with Crippen LogP contribution in [0.25, 0.3) is 11.1 Å². The van der Waals surface area contributed by atoms with Crippen molar-refractivity contribution in [1.29, 1.82) is 0 Å². The summed E-state index contributed by atoms with van der Waals surface area (Å²) < 4.78 is 12.8. The van der Waals surface area contributed by atoms with Crippen molar-refractivity contribution in [2.24, 2.45) is 7.05 Å². The lowest BCUT2D eigenvalue weighted by Crippen LogP contribution is -2.26. The number of aryl methyl sites for hydroxylation is 1. The molecule has 4 aromatic rings. The van der Waals surface area contributed by atoms with E-state index in [9.17, 15) is 4.79 Å². The standard InChI is InChI=1S/C22H22N4O3/c1-14(17-12-23-26(2)13-17)24-22(27)16-6-9-19-20(11-16)29-21(25-19)10-15-4-7-18(28-3)8-5-15/h4-9,11-14H,10H2,1-3H3,(H,24,27). The molecule has 0 saturated heterocycles. The minimum absolute atomic E-state index is 0.146. The maximum absolute atomic E-state index is 12.6. The number of oxazole rings is 1. The van der Waals surface area contributed by atoms with Crippen molar-refractivity contribution < 1.29 is 13.9 Å². The molecule has 0 radical (unpaired) electrons. The summed E-state index contributed by atoms with van der Waals surface area (Å²) in [5, 5.41) is 7.12. The Bertz CT molecular complexity index is 1140. The fourth-order valence-corrected chi connectivity index (χ4v) is 3.13. The molecule has 1 unspecified atom stereocenters. The van der Waals surface area contributed by atoms with Gasteiger partial charge in [-0.3, -0.25) is 9.48 Å². The second-order valence-electron chi connectivity index (χ2n) is 6.96. The number of amides is 1. The van der Waals surface area contributed by atoms with Gasteiger partial charge in [0.05, 0.1) is 19.3 Å². The highest BCUT2D eigenvalue weighted by atomic mass is 16.5. The number of hydrogen-bond acceptors (Lipinski definition) is 5. The van der Waals surface area contributed by atoms with Crippen LogP contribution in [0.2, 0.25) is 0 Å². The molecule has 148 valence electrons. The second-order valence-corrected chi connectivity index (χ2v) is 6.96. The van der Waals surface area contributed by atoms with Gasteiger partial charge in [0.2, 0.25) is 0 Å². The molecule has 7 nitrogen and oxygen atoms in total. The smallest absolute Gasteiger partial charge is 0.251 e. The van der Waals surface area contributed by atoms with E-state index in [-0.39, 0.29) is 11.9 Å². The Balaban J connectivity index is 1.49. The number of benzene rings is 2. The van der Waals surface area contributed by atoms with Crippen molar-refractivity contribution in [3.05, 3.63) is 77.4 Å². The molecule has 1 amide bonds. The maximum atomic E-state index is 12.6. The van der Waals surface area contributed by atoms with Gasteiger partial charge in [0.25, 0.3) is 5.91 Å². The van der Waals surface area contributed by atoms with E-state index >= 15 is 0 Å². The summed E-state index contributed by atoms with van der Waals surface area (Å²) in [7, 11) is 3.49. The Morgan fingerprint density at radius 3 is 2.72 bits per heavy atom. The van der Waals surface area contributed by atoms with E-state index in [0.29, 0.717) is 23.5 Å². The van der Waals surface area contributed by atoms with Gasteiger partial charge in [-0.05, 0) is 42.8 Å². The second kappa shape index (κ2) is 7.79. The molecule has 0 saturated carbocycles. The number of rotatable bonds is 6. The normalized spacial score (nSPS) is 12.1. The molecule has 0 aliphatic heterocycles. The molecule has 0 aliphatic carbocycles. The van der Waals surface area contributed by atoms with E-state index < -0.39 is 0 Å². The van der Waals surface area contributed by atoms with E-state index in [4.69, 9.17) is 9.15 Å². The molecule has 4 rings (SSSR count). The van der Waals surface area contributed by atoms with Gasteiger partial charge in [-0.15, -0.1) is 0 Å². The van der Waals surface area contributed by atoms with Crippen LogP contribution in [-0.4, -0.2) is 27.8 Å². The molecule has 0 spiro atoms. The van der Waals surface area contributed by atoms with Crippen molar-refractivity contribution in [2.45, 2.75) is 19.4 Å². The Morgan fingerprint density at radius 2 is 2.03 bits per heavy atom. The van der Waals surface area contributed by atoms with Gasteiger partial charge in [-0.25, -0.2) is 4.98 Å². The summed E-state index contributed by atoms with van der Waals surface area (Å²) in [6.07, 6.45) is 4.20. The summed E-state index contributed by atoms with van der Waals surface area (Å²) in [6.45, 7) is 1.93. The zero-order chi connectivity index (χ0) is 20.4. The van der Waals surface area contributed by atoms with E-state index in [0.717, 1.165) is 22.4 Å². The minimum atomic E-state index is -0.170. The van der Waals surface area contributed by atoms with Crippen molar-refractivity contribution >= 4 is 17.0 Å². The highest BCUT2D eigenvalue weighted by Crippen LogP contribution is 2.21. The average molecular weight is 390 g/mol. The zero-order valence-electron chi connectivity index (χ0n) is 16.5. The lowest BCUT2D eigenvalue weighted by atomic mass is 10.1. The number of hydrogen-bond donors (Lipinski definition) is 1.